The van der Waals surface area contributed by atoms with Crippen molar-refractivity contribution in [1.82, 2.24) is 19.7 Å². The van der Waals surface area contributed by atoms with Crippen molar-refractivity contribution in [3.8, 4) is 11.3 Å². The van der Waals surface area contributed by atoms with Crippen LogP contribution < -0.4 is 9.62 Å². The first-order valence-electron chi connectivity index (χ1n) is 11.6. The van der Waals surface area contributed by atoms with Crippen LogP contribution in [-0.2, 0) is 24.1 Å². The summed E-state index contributed by atoms with van der Waals surface area (Å²) in [6, 6.07) is 20.7. The molecule has 0 fully saturated rings. The molecule has 1 N–H and O–H groups in total. The van der Waals surface area contributed by atoms with Crippen molar-refractivity contribution < 1.29 is 4.18 Å². The second-order valence-electron chi connectivity index (χ2n) is 7.56. The molecule has 176 valence electrons. The number of aromatic nitrogens is 4. The molecule has 1 aliphatic heterocycles. The summed E-state index contributed by atoms with van der Waals surface area (Å²) in [7, 11) is 1.88. The molecule has 8 heteroatoms. The molecule has 0 saturated heterocycles. The van der Waals surface area contributed by atoms with Crippen LogP contribution in [0.2, 0.25) is 0 Å². The number of rotatable bonds is 8. The Morgan fingerprint density at radius 2 is 1.88 bits per heavy atom. The predicted octanol–water partition coefficient (Wildman–Crippen LogP) is 5.83. The molecule has 0 atom stereocenters. The van der Waals surface area contributed by atoms with Crippen LogP contribution in [0.5, 0.6) is 0 Å². The molecule has 2 aromatic heterocycles. The van der Waals surface area contributed by atoms with E-state index in [1.807, 2.05) is 39.1 Å². The molecule has 0 bridgehead atoms. The van der Waals surface area contributed by atoms with Crippen molar-refractivity contribution in [2.75, 3.05) is 22.8 Å². The highest BCUT2D eigenvalue weighted by atomic mass is 32.2. The molecule has 0 aliphatic carbocycles. The minimum Gasteiger partial charge on any atom is -0.309 e. The van der Waals surface area contributed by atoms with Gasteiger partial charge in [0.2, 0.25) is 5.95 Å². The fourth-order valence-corrected chi connectivity index (χ4v) is 4.41. The minimum atomic E-state index is 0.551. The Balaban J connectivity index is 0.00000133. The van der Waals surface area contributed by atoms with Crippen LogP contribution >= 0.6 is 12.2 Å². The van der Waals surface area contributed by atoms with E-state index in [-0.39, 0.29) is 0 Å². The smallest absolute Gasteiger partial charge is 0.228 e. The van der Waals surface area contributed by atoms with Crippen molar-refractivity contribution in [3.63, 3.8) is 0 Å². The van der Waals surface area contributed by atoms with Gasteiger partial charge in [-0.1, -0.05) is 50.2 Å². The molecule has 7 nitrogen and oxygen atoms in total. The zero-order chi connectivity index (χ0) is 23.8. The Hall–Kier alpha value is -3.36. The number of hydrogen-bond donors (Lipinski definition) is 1. The van der Waals surface area contributed by atoms with Crippen molar-refractivity contribution in [2.45, 2.75) is 26.7 Å². The highest BCUT2D eigenvalue weighted by Crippen LogP contribution is 2.36. The van der Waals surface area contributed by atoms with Crippen LogP contribution in [0, 0.1) is 0 Å². The standard InChI is InChI=1S/C24H24N6OS.C2H6/c1-29-23(10-14-26-29)28-24-25-13-9-21(27-24)19-7-8-22-20(17-19)11-15-30(22)32-31-16-12-18-5-3-2-4-6-18;1-2/h2-10,13-14,17H,11-12,15-16H2,1H3,(H,25,27,28);1-2H3. The normalized spacial score (nSPS) is 12.1. The molecule has 0 saturated carbocycles. The van der Waals surface area contributed by atoms with E-state index >= 15 is 0 Å². The van der Waals surface area contributed by atoms with Gasteiger partial charge in [0.15, 0.2) is 0 Å². The van der Waals surface area contributed by atoms with E-state index in [9.17, 15) is 0 Å². The van der Waals surface area contributed by atoms with Gasteiger partial charge < -0.3 is 5.32 Å². The van der Waals surface area contributed by atoms with Crippen molar-refractivity contribution >= 4 is 29.7 Å². The molecule has 1 aliphatic rings. The van der Waals surface area contributed by atoms with Crippen LogP contribution in [0.1, 0.15) is 25.0 Å². The molecule has 3 heterocycles. The van der Waals surface area contributed by atoms with Crippen molar-refractivity contribution in [3.05, 3.63) is 84.2 Å². The summed E-state index contributed by atoms with van der Waals surface area (Å²) in [5.41, 5.74) is 5.78. The first kappa shape index (κ1) is 23.8. The largest absolute Gasteiger partial charge is 0.309 e. The van der Waals surface area contributed by atoms with Crippen LogP contribution in [0.15, 0.2) is 73.1 Å². The molecule has 0 amide bonds. The van der Waals surface area contributed by atoms with Gasteiger partial charge in [0.05, 0.1) is 24.2 Å². The second kappa shape index (κ2) is 11.7. The molecule has 0 radical (unpaired) electrons. The fraction of sp³-hybridized carbons (Fsp3) is 0.269. The molecule has 0 spiro atoms. The lowest BCUT2D eigenvalue weighted by Gasteiger charge is -2.17. The maximum atomic E-state index is 5.88. The summed E-state index contributed by atoms with van der Waals surface area (Å²) in [5.74, 6) is 1.40. The van der Waals surface area contributed by atoms with Gasteiger partial charge in [-0.05, 0) is 42.2 Å². The Morgan fingerprint density at radius 3 is 2.68 bits per heavy atom. The van der Waals surface area contributed by atoms with Crippen LogP contribution in [0.4, 0.5) is 17.5 Å². The van der Waals surface area contributed by atoms with Gasteiger partial charge in [-0.3, -0.25) is 13.2 Å². The number of aryl methyl sites for hydroxylation is 1. The lowest BCUT2D eigenvalue weighted by atomic mass is 10.1. The maximum absolute atomic E-state index is 5.88. The van der Waals surface area contributed by atoms with E-state index in [1.54, 1.807) is 17.1 Å². The van der Waals surface area contributed by atoms with E-state index in [0.717, 1.165) is 36.5 Å². The van der Waals surface area contributed by atoms with Crippen LogP contribution in [0.3, 0.4) is 0 Å². The predicted molar refractivity (Wildman–Crippen MR) is 140 cm³/mol. The Morgan fingerprint density at radius 1 is 1.03 bits per heavy atom. The van der Waals surface area contributed by atoms with Crippen molar-refractivity contribution in [2.24, 2.45) is 7.05 Å². The van der Waals surface area contributed by atoms with E-state index in [4.69, 9.17) is 4.18 Å². The molecular formula is C26H30N6OS. The number of nitrogens with zero attached hydrogens (tertiary/aromatic N) is 5. The highest BCUT2D eigenvalue weighted by Gasteiger charge is 2.21. The third-order valence-electron chi connectivity index (χ3n) is 5.40. The van der Waals surface area contributed by atoms with Gasteiger partial charge >= 0.3 is 0 Å². The van der Waals surface area contributed by atoms with Gasteiger partial charge in [-0.25, -0.2) is 9.97 Å². The Bertz CT molecular complexity index is 1200. The highest BCUT2D eigenvalue weighted by molar-refractivity contribution is 7.96. The van der Waals surface area contributed by atoms with Gasteiger partial charge in [0, 0.05) is 31.4 Å². The molecule has 4 aromatic rings. The fourth-order valence-electron chi connectivity index (χ4n) is 3.70. The number of nitrogens with one attached hydrogen (secondary N) is 1. The third kappa shape index (κ3) is 5.76. The lowest BCUT2D eigenvalue weighted by Crippen LogP contribution is -2.11. The van der Waals surface area contributed by atoms with Crippen LogP contribution in [-0.4, -0.2) is 32.9 Å². The number of benzene rings is 2. The minimum absolute atomic E-state index is 0.551. The zero-order valence-electron chi connectivity index (χ0n) is 19.8. The molecule has 34 heavy (non-hydrogen) atoms. The van der Waals surface area contributed by atoms with Gasteiger partial charge in [-0.15, -0.1) is 0 Å². The van der Waals surface area contributed by atoms with E-state index in [1.165, 1.54) is 29.0 Å². The number of fused-ring (bicyclic) bond motifs is 1. The van der Waals surface area contributed by atoms with E-state index in [2.05, 4.69) is 67.2 Å². The zero-order valence-corrected chi connectivity index (χ0v) is 20.6. The van der Waals surface area contributed by atoms with Crippen LogP contribution in [0.25, 0.3) is 11.3 Å². The first-order valence-corrected chi connectivity index (χ1v) is 12.3. The third-order valence-corrected chi connectivity index (χ3v) is 6.24. The van der Waals surface area contributed by atoms with Gasteiger partial charge in [0.25, 0.3) is 0 Å². The van der Waals surface area contributed by atoms with E-state index in [0.29, 0.717) is 12.6 Å². The summed E-state index contributed by atoms with van der Waals surface area (Å²) in [6.07, 6.45) is 5.42. The van der Waals surface area contributed by atoms with Gasteiger partial charge in [0.1, 0.15) is 18.0 Å². The van der Waals surface area contributed by atoms with Crippen molar-refractivity contribution in [1.29, 1.82) is 0 Å². The summed E-state index contributed by atoms with van der Waals surface area (Å²) < 4.78 is 9.85. The summed E-state index contributed by atoms with van der Waals surface area (Å²) in [5, 5.41) is 7.38. The SMILES string of the molecule is CC.Cn1nccc1Nc1nccc(-c2ccc3c(c2)CCN3SOCCc2ccccc2)n1. The Kier molecular flexibility index (Phi) is 8.17. The lowest BCUT2D eigenvalue weighted by molar-refractivity contribution is 0.378. The molecular weight excluding hydrogens is 444 g/mol. The number of anilines is 3. The maximum Gasteiger partial charge on any atom is 0.228 e. The average molecular weight is 475 g/mol. The Labute approximate surface area is 205 Å². The van der Waals surface area contributed by atoms with Gasteiger partial charge in [-0.2, -0.15) is 5.10 Å². The quantitative estimate of drug-likeness (QED) is 0.196. The second-order valence-corrected chi connectivity index (χ2v) is 8.38. The first-order chi connectivity index (χ1) is 16.8. The topological polar surface area (TPSA) is 68.1 Å². The monoisotopic (exact) mass is 474 g/mol. The van der Waals surface area contributed by atoms with E-state index < -0.39 is 0 Å². The molecule has 2 aromatic carbocycles. The molecule has 5 rings (SSSR count). The number of hydrogen-bond acceptors (Lipinski definition) is 7. The summed E-state index contributed by atoms with van der Waals surface area (Å²) >= 11 is 1.44. The average Bonchev–Trinajstić information content (AvgIpc) is 3.49. The summed E-state index contributed by atoms with van der Waals surface area (Å²) in [6.45, 7) is 5.62. The molecule has 0 unspecified atom stereocenters. The summed E-state index contributed by atoms with van der Waals surface area (Å²) in [4.78, 5) is 9.02.